The van der Waals surface area contributed by atoms with Crippen molar-refractivity contribution in [1.82, 2.24) is 9.97 Å². The second-order valence-corrected chi connectivity index (χ2v) is 5.65. The summed E-state index contributed by atoms with van der Waals surface area (Å²) in [5, 5.41) is 0. The van der Waals surface area contributed by atoms with E-state index in [1.807, 2.05) is 12.3 Å². The van der Waals surface area contributed by atoms with E-state index in [2.05, 4.69) is 36.2 Å². The lowest BCUT2D eigenvalue weighted by Crippen LogP contribution is -2.43. The van der Waals surface area contributed by atoms with Crippen LogP contribution >= 0.6 is 0 Å². The average molecular weight is 267 g/mol. The predicted molar refractivity (Wildman–Crippen MR) is 81.4 cm³/mol. The summed E-state index contributed by atoms with van der Waals surface area (Å²) in [6, 6.07) is 10.6. The van der Waals surface area contributed by atoms with Crippen molar-refractivity contribution >= 4 is 0 Å². The van der Waals surface area contributed by atoms with Gasteiger partial charge in [0.15, 0.2) is 0 Å². The van der Waals surface area contributed by atoms with E-state index in [9.17, 15) is 0 Å². The van der Waals surface area contributed by atoms with Gasteiger partial charge >= 0.3 is 0 Å². The summed E-state index contributed by atoms with van der Waals surface area (Å²) in [4.78, 5) is 9.24. The topological polar surface area (TPSA) is 51.8 Å². The van der Waals surface area contributed by atoms with Crippen molar-refractivity contribution in [2.75, 3.05) is 6.54 Å². The van der Waals surface area contributed by atoms with Gasteiger partial charge in [0.2, 0.25) is 0 Å². The summed E-state index contributed by atoms with van der Waals surface area (Å²) in [7, 11) is 0. The molecular weight excluding hydrogens is 246 g/mol. The monoisotopic (exact) mass is 267 g/mol. The fourth-order valence-corrected chi connectivity index (χ4v) is 2.81. The lowest BCUT2D eigenvalue weighted by molar-refractivity contribution is 0.238. The van der Waals surface area contributed by atoms with Crippen LogP contribution in [0.15, 0.2) is 36.5 Å². The highest BCUT2D eigenvalue weighted by atomic mass is 14.9. The van der Waals surface area contributed by atoms with Gasteiger partial charge in [0.1, 0.15) is 5.82 Å². The van der Waals surface area contributed by atoms with E-state index in [0.29, 0.717) is 6.54 Å². The van der Waals surface area contributed by atoms with Crippen molar-refractivity contribution in [3.8, 4) is 11.3 Å². The van der Waals surface area contributed by atoms with Crippen molar-refractivity contribution in [2.45, 2.75) is 38.0 Å². The van der Waals surface area contributed by atoms with Gasteiger partial charge in [-0.25, -0.2) is 9.97 Å². The van der Waals surface area contributed by atoms with Crippen LogP contribution in [-0.2, 0) is 11.8 Å². The first-order valence-corrected chi connectivity index (χ1v) is 7.40. The van der Waals surface area contributed by atoms with Gasteiger partial charge in [-0.05, 0) is 30.9 Å². The standard InChI is InChI=1S/C17H21N3/c1-2-13-4-6-14(7-5-13)15-8-11-19-16(20-15)17(12-18)9-3-10-17/h4-8,11H,2-3,9-10,12,18H2,1H3. The fourth-order valence-electron chi connectivity index (χ4n) is 2.81. The van der Waals surface area contributed by atoms with Gasteiger partial charge in [-0.15, -0.1) is 0 Å². The van der Waals surface area contributed by atoms with Crippen LogP contribution in [0.4, 0.5) is 0 Å². The summed E-state index contributed by atoms with van der Waals surface area (Å²) < 4.78 is 0. The lowest BCUT2D eigenvalue weighted by Gasteiger charge is -2.39. The number of nitrogens with two attached hydrogens (primary N) is 1. The van der Waals surface area contributed by atoms with Gasteiger partial charge in [-0.2, -0.15) is 0 Å². The molecule has 0 radical (unpaired) electrons. The molecule has 1 aliphatic rings. The Morgan fingerprint density at radius 2 is 1.90 bits per heavy atom. The molecule has 1 fully saturated rings. The molecule has 1 aromatic heterocycles. The van der Waals surface area contributed by atoms with Gasteiger partial charge in [-0.1, -0.05) is 37.6 Å². The van der Waals surface area contributed by atoms with Crippen LogP contribution in [0.25, 0.3) is 11.3 Å². The van der Waals surface area contributed by atoms with E-state index in [4.69, 9.17) is 10.7 Å². The molecule has 0 unspecified atom stereocenters. The van der Waals surface area contributed by atoms with Crippen LogP contribution in [0.3, 0.4) is 0 Å². The van der Waals surface area contributed by atoms with Crippen LogP contribution in [0.1, 0.15) is 37.6 Å². The molecule has 1 aliphatic carbocycles. The summed E-state index contributed by atoms with van der Waals surface area (Å²) in [5.74, 6) is 0.920. The summed E-state index contributed by atoms with van der Waals surface area (Å²) in [6.45, 7) is 2.81. The molecule has 3 rings (SSSR count). The maximum atomic E-state index is 5.95. The Bertz CT molecular complexity index is 580. The zero-order valence-electron chi connectivity index (χ0n) is 12.0. The predicted octanol–water partition coefficient (Wildman–Crippen LogP) is 3.09. The molecule has 3 heteroatoms. The first-order chi connectivity index (χ1) is 9.77. The van der Waals surface area contributed by atoms with E-state index in [-0.39, 0.29) is 5.41 Å². The number of rotatable bonds is 4. The van der Waals surface area contributed by atoms with Crippen molar-refractivity contribution in [3.05, 3.63) is 47.9 Å². The largest absolute Gasteiger partial charge is 0.329 e. The van der Waals surface area contributed by atoms with E-state index in [1.165, 1.54) is 12.0 Å². The number of aromatic nitrogens is 2. The molecule has 0 amide bonds. The van der Waals surface area contributed by atoms with Crippen LogP contribution < -0.4 is 5.73 Å². The van der Waals surface area contributed by atoms with Crippen molar-refractivity contribution in [1.29, 1.82) is 0 Å². The summed E-state index contributed by atoms with van der Waals surface area (Å²) >= 11 is 0. The Kier molecular flexibility index (Phi) is 3.53. The minimum Gasteiger partial charge on any atom is -0.329 e. The smallest absolute Gasteiger partial charge is 0.136 e. The molecule has 0 bridgehead atoms. The average Bonchev–Trinajstić information content (AvgIpc) is 2.47. The van der Waals surface area contributed by atoms with Gasteiger partial charge in [-0.3, -0.25) is 0 Å². The highest BCUT2D eigenvalue weighted by molar-refractivity contribution is 5.59. The number of nitrogens with zero attached hydrogens (tertiary/aromatic N) is 2. The van der Waals surface area contributed by atoms with Gasteiger partial charge in [0, 0.05) is 23.7 Å². The Morgan fingerprint density at radius 1 is 1.15 bits per heavy atom. The third-order valence-electron chi connectivity index (χ3n) is 4.49. The Balaban J connectivity index is 1.94. The van der Waals surface area contributed by atoms with Gasteiger partial charge < -0.3 is 5.73 Å². The fraction of sp³-hybridized carbons (Fsp3) is 0.412. The molecule has 1 saturated carbocycles. The van der Waals surface area contributed by atoms with Crippen LogP contribution in [0.2, 0.25) is 0 Å². The normalized spacial score (nSPS) is 16.7. The molecule has 0 spiro atoms. The molecule has 104 valence electrons. The zero-order valence-corrected chi connectivity index (χ0v) is 12.0. The third-order valence-corrected chi connectivity index (χ3v) is 4.49. The molecule has 0 saturated heterocycles. The second kappa shape index (κ2) is 5.33. The van der Waals surface area contributed by atoms with E-state index < -0.39 is 0 Å². The second-order valence-electron chi connectivity index (χ2n) is 5.65. The third kappa shape index (κ3) is 2.22. The summed E-state index contributed by atoms with van der Waals surface area (Å²) in [6.07, 6.45) is 6.38. The molecule has 1 heterocycles. The minimum absolute atomic E-state index is 0.0272. The van der Waals surface area contributed by atoms with Crippen molar-refractivity contribution in [3.63, 3.8) is 0 Å². The van der Waals surface area contributed by atoms with Crippen molar-refractivity contribution in [2.24, 2.45) is 5.73 Å². The van der Waals surface area contributed by atoms with Crippen LogP contribution in [0, 0.1) is 0 Å². The maximum absolute atomic E-state index is 5.95. The van der Waals surface area contributed by atoms with E-state index in [0.717, 1.165) is 36.3 Å². The quantitative estimate of drug-likeness (QED) is 0.926. The first kappa shape index (κ1) is 13.3. The molecule has 2 N–H and O–H groups in total. The zero-order chi connectivity index (χ0) is 14.0. The molecule has 1 aromatic carbocycles. The minimum atomic E-state index is 0.0272. The van der Waals surface area contributed by atoms with Gasteiger partial charge in [0.25, 0.3) is 0 Å². The van der Waals surface area contributed by atoms with Crippen LogP contribution in [-0.4, -0.2) is 16.5 Å². The molecule has 0 atom stereocenters. The Hall–Kier alpha value is -1.74. The highest BCUT2D eigenvalue weighted by Crippen LogP contribution is 2.41. The highest BCUT2D eigenvalue weighted by Gasteiger charge is 2.40. The summed E-state index contributed by atoms with van der Waals surface area (Å²) in [5.41, 5.74) is 9.47. The Morgan fingerprint density at radius 3 is 2.45 bits per heavy atom. The van der Waals surface area contributed by atoms with Gasteiger partial charge in [0.05, 0.1) is 5.69 Å². The molecular formula is C17H21N3. The molecule has 2 aromatic rings. The molecule has 20 heavy (non-hydrogen) atoms. The van der Waals surface area contributed by atoms with E-state index in [1.54, 1.807) is 0 Å². The van der Waals surface area contributed by atoms with Crippen molar-refractivity contribution < 1.29 is 0 Å². The first-order valence-electron chi connectivity index (χ1n) is 7.40. The number of aryl methyl sites for hydroxylation is 1. The Labute approximate surface area is 120 Å². The number of hydrogen-bond acceptors (Lipinski definition) is 3. The van der Waals surface area contributed by atoms with Crippen LogP contribution in [0.5, 0.6) is 0 Å². The SMILES string of the molecule is CCc1ccc(-c2ccnc(C3(CN)CCC3)n2)cc1. The lowest BCUT2D eigenvalue weighted by atomic mass is 9.68. The number of benzene rings is 1. The van der Waals surface area contributed by atoms with E-state index >= 15 is 0 Å². The number of hydrogen-bond donors (Lipinski definition) is 1. The maximum Gasteiger partial charge on any atom is 0.136 e. The molecule has 0 aliphatic heterocycles. The molecule has 3 nitrogen and oxygen atoms in total.